The van der Waals surface area contributed by atoms with Gasteiger partial charge in [0, 0.05) is 30.2 Å². The van der Waals surface area contributed by atoms with E-state index in [0.717, 1.165) is 10.6 Å². The smallest absolute Gasteiger partial charge is 0.255 e. The number of alkyl halides is 1. The molecule has 0 aliphatic heterocycles. The second-order valence-electron chi connectivity index (χ2n) is 7.59. The molecule has 0 saturated heterocycles. The number of nitrogens with one attached hydrogen (secondary N) is 2. The number of carbonyl (C=O) groups is 1. The first kappa shape index (κ1) is 21.1. The summed E-state index contributed by atoms with van der Waals surface area (Å²) >= 11 is 1.41. The lowest BCUT2D eigenvalue weighted by atomic mass is 10.0. The summed E-state index contributed by atoms with van der Waals surface area (Å²) in [5, 5.41) is 16.3. The Morgan fingerprint density at radius 1 is 1.34 bits per heavy atom. The molecule has 3 N–H and O–H groups in total. The van der Waals surface area contributed by atoms with E-state index in [-0.39, 0.29) is 18.2 Å². The van der Waals surface area contributed by atoms with Gasteiger partial charge < -0.3 is 15.7 Å². The van der Waals surface area contributed by atoms with Gasteiger partial charge >= 0.3 is 0 Å². The van der Waals surface area contributed by atoms with Gasteiger partial charge in [-0.2, -0.15) is 0 Å². The van der Waals surface area contributed by atoms with E-state index < -0.39 is 17.7 Å². The first-order chi connectivity index (χ1) is 13.7. The highest BCUT2D eigenvalue weighted by Gasteiger charge is 2.27. The summed E-state index contributed by atoms with van der Waals surface area (Å²) in [7, 11) is 0. The van der Waals surface area contributed by atoms with E-state index in [1.54, 1.807) is 12.4 Å². The summed E-state index contributed by atoms with van der Waals surface area (Å²) < 4.78 is 14.0. The Morgan fingerprint density at radius 2 is 2.10 bits per heavy atom. The van der Waals surface area contributed by atoms with Gasteiger partial charge in [0.15, 0.2) is 0 Å². The van der Waals surface area contributed by atoms with Crippen molar-refractivity contribution in [3.8, 4) is 10.6 Å². The Balaban J connectivity index is 1.97. The highest BCUT2D eigenvalue weighted by Crippen LogP contribution is 2.34. The van der Waals surface area contributed by atoms with Crippen molar-refractivity contribution >= 4 is 33.3 Å². The summed E-state index contributed by atoms with van der Waals surface area (Å²) in [6.07, 6.45) is 3.28. The normalized spacial score (nSPS) is 12.9. The number of hydrogen-bond donors (Lipinski definition) is 3. The zero-order chi connectivity index (χ0) is 21.2. The van der Waals surface area contributed by atoms with Crippen LogP contribution >= 0.6 is 11.3 Å². The number of nitrogens with zero attached hydrogens (tertiary/aromatic N) is 3. The summed E-state index contributed by atoms with van der Waals surface area (Å²) in [6, 6.07) is 3.78. The van der Waals surface area contributed by atoms with Crippen LogP contribution < -0.4 is 10.6 Å². The first-order valence-corrected chi connectivity index (χ1v) is 10.1. The topological polar surface area (TPSA) is 100 Å². The fourth-order valence-corrected chi connectivity index (χ4v) is 3.53. The number of thiazole rings is 1. The number of hydrogen-bond acceptors (Lipinski definition) is 7. The average Bonchev–Trinajstić information content (AvgIpc) is 3.10. The van der Waals surface area contributed by atoms with Gasteiger partial charge in [-0.05, 0) is 39.8 Å². The van der Waals surface area contributed by atoms with Crippen LogP contribution in [-0.4, -0.2) is 50.3 Å². The molecule has 1 amide bonds. The minimum absolute atomic E-state index is 0.0426. The quantitative estimate of drug-likeness (QED) is 0.545. The lowest BCUT2D eigenvalue weighted by Crippen LogP contribution is -2.42. The molecule has 1 atom stereocenters. The van der Waals surface area contributed by atoms with Crippen molar-refractivity contribution in [2.24, 2.45) is 0 Å². The molecule has 3 rings (SSSR count). The first-order valence-electron chi connectivity index (χ1n) is 9.28. The minimum atomic E-state index is -1.60. The number of amides is 1. The zero-order valence-electron chi connectivity index (χ0n) is 16.7. The van der Waals surface area contributed by atoms with Gasteiger partial charge in [-0.25, -0.2) is 14.4 Å². The molecule has 0 aliphatic carbocycles. The molecule has 3 aromatic rings. The Morgan fingerprint density at radius 3 is 2.72 bits per heavy atom. The SMILES string of the molecule is CC(C)Nc1c(C(=O)NC[C@@H](F)C(C)(C)O)cnc2sc(-c3cccnc3)nc12. The molecule has 0 spiro atoms. The van der Waals surface area contributed by atoms with E-state index >= 15 is 0 Å². The molecule has 0 aromatic carbocycles. The molecule has 3 aromatic heterocycles. The highest BCUT2D eigenvalue weighted by atomic mass is 32.1. The maximum atomic E-state index is 14.0. The van der Waals surface area contributed by atoms with Crippen LogP contribution in [0.25, 0.3) is 20.9 Å². The molecule has 0 unspecified atom stereocenters. The van der Waals surface area contributed by atoms with Crippen molar-refractivity contribution in [2.75, 3.05) is 11.9 Å². The monoisotopic (exact) mass is 417 g/mol. The molecule has 29 heavy (non-hydrogen) atoms. The van der Waals surface area contributed by atoms with Crippen LogP contribution in [0.3, 0.4) is 0 Å². The Labute approximate surface area is 172 Å². The molecular weight excluding hydrogens is 393 g/mol. The third-order valence-corrected chi connectivity index (χ3v) is 5.23. The summed E-state index contributed by atoms with van der Waals surface area (Å²) in [4.78, 5) is 26.6. The molecule has 0 aliphatic rings. The summed E-state index contributed by atoms with van der Waals surface area (Å²) in [6.45, 7) is 6.32. The van der Waals surface area contributed by atoms with Gasteiger partial charge in [0.1, 0.15) is 21.5 Å². The standard InChI is InChI=1S/C20H24FN5O2S/c1-11(2)25-15-13(17(27)23-10-14(21)20(3,4)28)9-24-19-16(15)26-18(29-19)12-6-5-7-22-8-12/h5-9,11,14,28H,10H2,1-4H3,(H,23,27)(H,24,25)/t14-/m1/s1. The van der Waals surface area contributed by atoms with Gasteiger partial charge in [-0.15, -0.1) is 0 Å². The Kier molecular flexibility index (Phi) is 6.09. The number of fused-ring (bicyclic) bond motifs is 1. The lowest BCUT2D eigenvalue weighted by molar-refractivity contribution is -0.00177. The number of carbonyl (C=O) groups excluding carboxylic acids is 1. The van der Waals surface area contributed by atoms with E-state index in [0.29, 0.717) is 16.0 Å². The molecule has 0 saturated carbocycles. The average molecular weight is 418 g/mol. The van der Waals surface area contributed by atoms with Gasteiger partial charge in [-0.1, -0.05) is 11.3 Å². The van der Waals surface area contributed by atoms with E-state index in [2.05, 4.69) is 25.6 Å². The largest absolute Gasteiger partial charge is 0.387 e. The summed E-state index contributed by atoms with van der Waals surface area (Å²) in [5.41, 5.74) is 0.726. The molecule has 154 valence electrons. The molecule has 7 nitrogen and oxygen atoms in total. The fraction of sp³-hybridized carbons (Fsp3) is 0.400. The zero-order valence-corrected chi connectivity index (χ0v) is 17.5. The van der Waals surface area contributed by atoms with Crippen LogP contribution in [0.5, 0.6) is 0 Å². The van der Waals surface area contributed by atoms with E-state index in [4.69, 9.17) is 0 Å². The van der Waals surface area contributed by atoms with Crippen LogP contribution in [0.1, 0.15) is 38.1 Å². The van der Waals surface area contributed by atoms with Gasteiger partial charge in [-0.3, -0.25) is 9.78 Å². The predicted octanol–water partition coefficient (Wildman–Crippen LogP) is 3.41. The van der Waals surface area contributed by atoms with Gasteiger partial charge in [0.2, 0.25) is 0 Å². The molecule has 3 heterocycles. The summed E-state index contributed by atoms with van der Waals surface area (Å²) in [5.74, 6) is -0.481. The van der Waals surface area contributed by atoms with Crippen molar-refractivity contribution in [3.63, 3.8) is 0 Å². The second kappa shape index (κ2) is 8.38. The minimum Gasteiger partial charge on any atom is -0.387 e. The van der Waals surface area contributed by atoms with Crippen molar-refractivity contribution in [1.29, 1.82) is 0 Å². The number of aliphatic hydroxyl groups is 1. The van der Waals surface area contributed by atoms with Crippen LogP contribution in [0.15, 0.2) is 30.7 Å². The Hall–Kier alpha value is -2.65. The van der Waals surface area contributed by atoms with Crippen LogP contribution in [0.4, 0.5) is 10.1 Å². The maximum absolute atomic E-state index is 14.0. The van der Waals surface area contributed by atoms with E-state index in [1.807, 2.05) is 26.0 Å². The highest BCUT2D eigenvalue weighted by molar-refractivity contribution is 7.21. The van der Waals surface area contributed by atoms with E-state index in [1.165, 1.54) is 31.4 Å². The number of halogens is 1. The number of rotatable bonds is 7. The van der Waals surface area contributed by atoms with E-state index in [9.17, 15) is 14.3 Å². The molecule has 9 heteroatoms. The fourth-order valence-electron chi connectivity index (χ4n) is 2.62. The third-order valence-electron chi connectivity index (χ3n) is 4.22. The Bertz CT molecular complexity index is 1000. The maximum Gasteiger partial charge on any atom is 0.255 e. The lowest BCUT2D eigenvalue weighted by Gasteiger charge is -2.22. The molecule has 0 bridgehead atoms. The van der Waals surface area contributed by atoms with Crippen LogP contribution in [-0.2, 0) is 0 Å². The number of pyridine rings is 2. The van der Waals surface area contributed by atoms with Crippen molar-refractivity contribution in [1.82, 2.24) is 20.3 Å². The number of aromatic nitrogens is 3. The van der Waals surface area contributed by atoms with Crippen LogP contribution in [0.2, 0.25) is 0 Å². The van der Waals surface area contributed by atoms with Crippen molar-refractivity contribution in [2.45, 2.75) is 45.5 Å². The van der Waals surface area contributed by atoms with Crippen molar-refractivity contribution in [3.05, 3.63) is 36.3 Å². The van der Waals surface area contributed by atoms with Gasteiger partial charge in [0.05, 0.1) is 23.4 Å². The van der Waals surface area contributed by atoms with Crippen molar-refractivity contribution < 1.29 is 14.3 Å². The molecule has 0 fully saturated rings. The van der Waals surface area contributed by atoms with Gasteiger partial charge in [0.25, 0.3) is 5.91 Å². The second-order valence-corrected chi connectivity index (χ2v) is 8.57. The molecular formula is C20H24FN5O2S. The predicted molar refractivity (Wildman–Crippen MR) is 113 cm³/mol. The van der Waals surface area contributed by atoms with Crippen LogP contribution in [0, 0.1) is 0 Å². The number of anilines is 1. The molecule has 0 radical (unpaired) electrons. The third kappa shape index (κ3) is 4.86.